The highest BCUT2D eigenvalue weighted by molar-refractivity contribution is 5.96. The van der Waals surface area contributed by atoms with Crippen molar-refractivity contribution in [2.75, 3.05) is 19.5 Å². The second-order valence-corrected chi connectivity index (χ2v) is 7.54. The molecule has 33 heavy (non-hydrogen) atoms. The number of benzene rings is 2. The van der Waals surface area contributed by atoms with E-state index in [9.17, 15) is 22.8 Å². The van der Waals surface area contributed by atoms with Gasteiger partial charge in [0.05, 0.1) is 30.9 Å². The maximum Gasteiger partial charge on any atom is 0.438 e. The van der Waals surface area contributed by atoms with Crippen molar-refractivity contribution in [2.24, 2.45) is 0 Å². The van der Waals surface area contributed by atoms with E-state index < -0.39 is 29.4 Å². The fourth-order valence-electron chi connectivity index (χ4n) is 3.57. The van der Waals surface area contributed by atoms with Gasteiger partial charge < -0.3 is 14.8 Å². The summed E-state index contributed by atoms with van der Waals surface area (Å²) in [5.74, 6) is 0.0922. The molecule has 2 aromatic carbocycles. The van der Waals surface area contributed by atoms with Gasteiger partial charge in [0.25, 0.3) is 5.56 Å². The minimum atomic E-state index is -4.98. The van der Waals surface area contributed by atoms with E-state index in [0.29, 0.717) is 17.1 Å². The van der Waals surface area contributed by atoms with Gasteiger partial charge in [-0.25, -0.2) is 4.98 Å². The number of aromatic nitrogens is 2. The highest BCUT2D eigenvalue weighted by atomic mass is 19.4. The van der Waals surface area contributed by atoms with Crippen LogP contribution < -0.4 is 20.3 Å². The van der Waals surface area contributed by atoms with Gasteiger partial charge in [0.15, 0.2) is 0 Å². The van der Waals surface area contributed by atoms with Gasteiger partial charge in [-0.1, -0.05) is 6.92 Å². The quantitative estimate of drug-likeness (QED) is 0.576. The summed E-state index contributed by atoms with van der Waals surface area (Å²) in [5.41, 5.74) is -1.09. The topological polar surface area (TPSA) is 82.5 Å². The second-order valence-electron chi connectivity index (χ2n) is 7.54. The zero-order valence-electron chi connectivity index (χ0n) is 18.8. The first-order valence-electron chi connectivity index (χ1n) is 10.1. The molecule has 1 heterocycles. The number of ether oxygens (including phenoxy) is 2. The molecule has 0 radical (unpaired) electrons. The number of anilines is 1. The predicted molar refractivity (Wildman–Crippen MR) is 118 cm³/mol. The van der Waals surface area contributed by atoms with E-state index >= 15 is 0 Å². The van der Waals surface area contributed by atoms with Crippen LogP contribution in [0.25, 0.3) is 11.0 Å². The first kappa shape index (κ1) is 24.1. The Bertz CT molecular complexity index is 1270. The number of fused-ring (bicyclic) bond motifs is 1. The summed E-state index contributed by atoms with van der Waals surface area (Å²) in [6.07, 6.45) is -4.92. The third kappa shape index (κ3) is 4.64. The van der Waals surface area contributed by atoms with E-state index in [4.69, 9.17) is 9.47 Å². The van der Waals surface area contributed by atoms with Crippen LogP contribution in [0.15, 0.2) is 35.1 Å². The van der Waals surface area contributed by atoms with Crippen molar-refractivity contribution in [1.82, 2.24) is 9.55 Å². The normalized spacial score (nSPS) is 12.5. The molecule has 7 nitrogen and oxygen atoms in total. The smallest absolute Gasteiger partial charge is 0.438 e. The van der Waals surface area contributed by atoms with Gasteiger partial charge in [-0.2, -0.15) is 13.2 Å². The number of rotatable bonds is 6. The number of alkyl halides is 3. The second kappa shape index (κ2) is 9.13. The number of aryl methyl sites for hydroxylation is 2. The summed E-state index contributed by atoms with van der Waals surface area (Å²) >= 11 is 0. The number of hydrogen-bond acceptors (Lipinski definition) is 5. The Morgan fingerprint density at radius 1 is 1.12 bits per heavy atom. The molecule has 0 fully saturated rings. The van der Waals surface area contributed by atoms with Crippen LogP contribution in [-0.2, 0) is 11.0 Å². The van der Waals surface area contributed by atoms with Crippen LogP contribution in [0.5, 0.6) is 11.5 Å². The molecule has 1 atom stereocenters. The van der Waals surface area contributed by atoms with E-state index in [1.807, 2.05) is 0 Å². The van der Waals surface area contributed by atoms with Gasteiger partial charge in [0, 0.05) is 6.07 Å². The van der Waals surface area contributed by atoms with Crippen LogP contribution in [-0.4, -0.2) is 29.7 Å². The highest BCUT2D eigenvalue weighted by Crippen LogP contribution is 2.32. The molecular formula is C23H24F3N3O4. The first-order valence-corrected chi connectivity index (χ1v) is 10.1. The number of carbonyl (C=O) groups is 1. The molecule has 0 saturated heterocycles. The fraction of sp³-hybridized carbons (Fsp3) is 0.348. The number of nitrogens with one attached hydrogen (secondary N) is 1. The number of carbonyl (C=O) groups excluding carboxylic acids is 1. The lowest BCUT2D eigenvalue weighted by Crippen LogP contribution is -2.37. The monoisotopic (exact) mass is 463 g/mol. The predicted octanol–water partition coefficient (Wildman–Crippen LogP) is 4.64. The van der Waals surface area contributed by atoms with Crippen LogP contribution in [0.1, 0.15) is 36.2 Å². The Balaban J connectivity index is 2.21. The van der Waals surface area contributed by atoms with Crippen molar-refractivity contribution in [3.63, 3.8) is 0 Å². The van der Waals surface area contributed by atoms with Gasteiger partial charge in [-0.3, -0.25) is 14.2 Å². The minimum Gasteiger partial charge on any atom is -0.497 e. The molecule has 1 aromatic heterocycles. The molecule has 0 aliphatic carbocycles. The van der Waals surface area contributed by atoms with Crippen molar-refractivity contribution in [3.8, 4) is 11.5 Å². The van der Waals surface area contributed by atoms with Crippen LogP contribution in [0.3, 0.4) is 0 Å². The van der Waals surface area contributed by atoms with E-state index in [-0.39, 0.29) is 23.1 Å². The fourth-order valence-corrected chi connectivity index (χ4v) is 3.57. The van der Waals surface area contributed by atoms with Crippen molar-refractivity contribution < 1.29 is 27.4 Å². The summed E-state index contributed by atoms with van der Waals surface area (Å²) in [4.78, 5) is 29.8. The zero-order valence-corrected chi connectivity index (χ0v) is 18.8. The van der Waals surface area contributed by atoms with Gasteiger partial charge in [0.1, 0.15) is 17.5 Å². The molecule has 0 unspecified atom stereocenters. The number of methoxy groups -OCH3 is 2. The number of nitrogens with zero attached hydrogens (tertiary/aromatic N) is 2. The maximum atomic E-state index is 13.6. The summed E-state index contributed by atoms with van der Waals surface area (Å²) in [6.45, 7) is 5.11. The molecule has 176 valence electrons. The highest BCUT2D eigenvalue weighted by Gasteiger charge is 2.39. The third-order valence-corrected chi connectivity index (χ3v) is 5.44. The van der Waals surface area contributed by atoms with E-state index in [1.54, 1.807) is 39.0 Å². The van der Waals surface area contributed by atoms with Gasteiger partial charge >= 0.3 is 6.18 Å². The molecule has 3 aromatic rings. The molecule has 0 spiro atoms. The minimum absolute atomic E-state index is 0.0183. The van der Waals surface area contributed by atoms with E-state index in [1.165, 1.54) is 26.4 Å². The average molecular weight is 463 g/mol. The average Bonchev–Trinajstić information content (AvgIpc) is 2.76. The summed E-state index contributed by atoms with van der Waals surface area (Å²) in [5, 5.41) is 2.66. The third-order valence-electron chi connectivity index (χ3n) is 5.44. The Hall–Kier alpha value is -3.56. The molecule has 1 N–H and O–H groups in total. The van der Waals surface area contributed by atoms with Crippen molar-refractivity contribution in [2.45, 2.75) is 39.4 Å². The van der Waals surface area contributed by atoms with Crippen LogP contribution in [0.2, 0.25) is 0 Å². The summed E-state index contributed by atoms with van der Waals surface area (Å²) < 4.78 is 52.2. The Labute approximate surface area is 188 Å². The first-order chi connectivity index (χ1) is 15.5. The molecule has 0 aliphatic rings. The largest absolute Gasteiger partial charge is 0.497 e. The van der Waals surface area contributed by atoms with E-state index in [2.05, 4.69) is 10.3 Å². The SMILES string of the molecule is CC[C@H](C(=O)Nc1cc(OC)ccc1OC)n1c(=O)c(C(F)(F)F)nc2cc(C)c(C)cc21. The Kier molecular flexibility index (Phi) is 6.66. The Morgan fingerprint density at radius 2 is 1.79 bits per heavy atom. The van der Waals surface area contributed by atoms with Crippen molar-refractivity contribution in [3.05, 3.63) is 57.5 Å². The van der Waals surface area contributed by atoms with E-state index in [0.717, 1.165) is 10.1 Å². The zero-order chi connectivity index (χ0) is 24.5. The molecule has 1 amide bonds. The molecule has 3 rings (SSSR count). The van der Waals surface area contributed by atoms with Crippen LogP contribution in [0, 0.1) is 13.8 Å². The molecule has 0 aliphatic heterocycles. The summed E-state index contributed by atoms with van der Waals surface area (Å²) in [7, 11) is 2.87. The van der Waals surface area contributed by atoms with Crippen molar-refractivity contribution in [1.29, 1.82) is 0 Å². The van der Waals surface area contributed by atoms with Crippen molar-refractivity contribution >= 4 is 22.6 Å². The number of halogens is 3. The van der Waals surface area contributed by atoms with Gasteiger partial charge in [-0.05, 0) is 55.7 Å². The molecular weight excluding hydrogens is 439 g/mol. The molecule has 0 bridgehead atoms. The lowest BCUT2D eigenvalue weighted by Gasteiger charge is -2.22. The standard InChI is InChI=1S/C23H24F3N3O4/c1-6-17(21(30)28-16-11-14(32-4)7-8-19(16)33-5)29-18-10-13(3)12(2)9-15(18)27-20(22(29)31)23(24,25)26/h7-11,17H,6H2,1-5H3,(H,28,30)/t17-/m1/s1. The number of hydrogen-bond donors (Lipinski definition) is 1. The summed E-state index contributed by atoms with van der Waals surface area (Å²) in [6, 6.07) is 6.55. The molecule has 10 heteroatoms. The maximum absolute atomic E-state index is 13.6. The Morgan fingerprint density at radius 3 is 2.36 bits per heavy atom. The van der Waals surface area contributed by atoms with Gasteiger partial charge in [-0.15, -0.1) is 0 Å². The lowest BCUT2D eigenvalue weighted by molar-refractivity contribution is -0.142. The van der Waals surface area contributed by atoms with Crippen LogP contribution >= 0.6 is 0 Å². The van der Waals surface area contributed by atoms with Crippen LogP contribution in [0.4, 0.5) is 18.9 Å². The van der Waals surface area contributed by atoms with Gasteiger partial charge in [0.2, 0.25) is 11.6 Å². The number of amides is 1. The lowest BCUT2D eigenvalue weighted by atomic mass is 10.1. The molecule has 0 saturated carbocycles.